The summed E-state index contributed by atoms with van der Waals surface area (Å²) in [5.41, 5.74) is 11.7. The summed E-state index contributed by atoms with van der Waals surface area (Å²) in [6, 6.07) is 10.9. The Balaban J connectivity index is 2.17. The molecule has 2 aromatic carbocycles. The second-order valence-electron chi connectivity index (χ2n) is 4.32. The number of rotatable bonds is 5. The van der Waals surface area contributed by atoms with E-state index < -0.39 is 11.7 Å². The topological polar surface area (TPSA) is 78.3 Å². The normalized spacial score (nSPS) is 10.1. The first-order valence-corrected chi connectivity index (χ1v) is 6.49. The molecule has 0 atom stereocenters. The Morgan fingerprint density at radius 2 is 1.90 bits per heavy atom. The van der Waals surface area contributed by atoms with Crippen molar-refractivity contribution >= 4 is 23.1 Å². The van der Waals surface area contributed by atoms with Gasteiger partial charge in [-0.15, -0.1) is 0 Å². The van der Waals surface area contributed by atoms with Crippen LogP contribution < -0.4 is 16.2 Å². The predicted octanol–water partition coefficient (Wildman–Crippen LogP) is 2.14. The molecule has 0 saturated carbocycles. The Bertz CT molecular complexity index is 704. The van der Waals surface area contributed by atoms with Crippen molar-refractivity contribution < 1.29 is 13.9 Å². The van der Waals surface area contributed by atoms with Crippen LogP contribution in [0.4, 0.5) is 4.39 Å². The Morgan fingerprint density at radius 1 is 1.19 bits per heavy atom. The molecule has 0 aliphatic heterocycles. The third-order valence-electron chi connectivity index (χ3n) is 2.87. The van der Waals surface area contributed by atoms with Gasteiger partial charge in [0.15, 0.2) is 0 Å². The minimum atomic E-state index is -0.602. The number of primary amides is 1. The molecular weight excluding hydrogens is 291 g/mol. The number of ether oxygens (including phenoxy) is 1. The van der Waals surface area contributed by atoms with Crippen LogP contribution in [0.25, 0.3) is 0 Å². The van der Waals surface area contributed by atoms with Crippen LogP contribution in [0.3, 0.4) is 0 Å². The summed E-state index contributed by atoms with van der Waals surface area (Å²) in [5, 5.41) is 0. The third kappa shape index (κ3) is 3.55. The zero-order valence-electron chi connectivity index (χ0n) is 11.0. The van der Waals surface area contributed by atoms with E-state index in [0.717, 1.165) is 0 Å². The fourth-order valence-corrected chi connectivity index (χ4v) is 1.90. The summed E-state index contributed by atoms with van der Waals surface area (Å²) in [7, 11) is 0. The summed E-state index contributed by atoms with van der Waals surface area (Å²) in [6.45, 7) is -0.0340. The molecule has 108 valence electrons. The molecule has 4 nitrogen and oxygen atoms in total. The summed E-state index contributed by atoms with van der Waals surface area (Å²) in [5.74, 6) is -0.769. The molecule has 0 saturated heterocycles. The maximum absolute atomic E-state index is 13.9. The van der Waals surface area contributed by atoms with E-state index in [1.165, 1.54) is 12.1 Å². The maximum atomic E-state index is 13.9. The smallest absolute Gasteiger partial charge is 0.252 e. The van der Waals surface area contributed by atoms with Gasteiger partial charge in [0.05, 0.1) is 5.56 Å². The van der Waals surface area contributed by atoms with Gasteiger partial charge in [-0.1, -0.05) is 36.5 Å². The van der Waals surface area contributed by atoms with Crippen molar-refractivity contribution in [3.63, 3.8) is 0 Å². The predicted molar refractivity (Wildman–Crippen MR) is 81.6 cm³/mol. The van der Waals surface area contributed by atoms with Crippen molar-refractivity contribution in [2.75, 3.05) is 0 Å². The lowest BCUT2D eigenvalue weighted by Gasteiger charge is -2.10. The molecule has 6 heteroatoms. The zero-order chi connectivity index (χ0) is 15.4. The third-order valence-corrected chi connectivity index (χ3v) is 3.11. The second-order valence-corrected chi connectivity index (χ2v) is 4.76. The van der Waals surface area contributed by atoms with Gasteiger partial charge in [-0.3, -0.25) is 4.79 Å². The summed E-state index contributed by atoms with van der Waals surface area (Å²) in [4.78, 5) is 11.4. The van der Waals surface area contributed by atoms with Gasteiger partial charge in [0.2, 0.25) is 0 Å². The lowest BCUT2D eigenvalue weighted by molar-refractivity contribution is 0.0996. The quantitative estimate of drug-likeness (QED) is 0.830. The van der Waals surface area contributed by atoms with Gasteiger partial charge in [-0.05, 0) is 18.2 Å². The van der Waals surface area contributed by atoms with E-state index in [1.807, 2.05) is 0 Å². The molecule has 1 amide bonds. The highest BCUT2D eigenvalue weighted by Crippen LogP contribution is 2.20. The summed E-state index contributed by atoms with van der Waals surface area (Å²) < 4.78 is 19.3. The van der Waals surface area contributed by atoms with Gasteiger partial charge in [0, 0.05) is 11.1 Å². The van der Waals surface area contributed by atoms with Gasteiger partial charge >= 0.3 is 0 Å². The number of thiocarbonyl (C=S) groups is 1. The standard InChI is InChI=1S/C15H13FN2O2S/c16-12-7-9(15(18)21)5-6-10(12)8-20-13-4-2-1-3-11(13)14(17)19/h1-7H,8H2,(H2,17,19)(H2,18,21). The van der Waals surface area contributed by atoms with Crippen molar-refractivity contribution in [3.8, 4) is 5.75 Å². The van der Waals surface area contributed by atoms with Crippen LogP contribution in [0.5, 0.6) is 5.75 Å². The molecule has 0 heterocycles. The first-order chi connectivity index (χ1) is 9.99. The Morgan fingerprint density at radius 3 is 2.52 bits per heavy atom. The van der Waals surface area contributed by atoms with E-state index in [0.29, 0.717) is 16.9 Å². The Labute approximate surface area is 126 Å². The molecule has 21 heavy (non-hydrogen) atoms. The first kappa shape index (κ1) is 14.9. The minimum absolute atomic E-state index is 0.0340. The van der Waals surface area contributed by atoms with Crippen LogP contribution in [-0.2, 0) is 6.61 Å². The number of hydrogen-bond acceptors (Lipinski definition) is 3. The molecule has 0 spiro atoms. The van der Waals surface area contributed by atoms with Crippen LogP contribution >= 0.6 is 12.2 Å². The molecule has 2 rings (SSSR count). The first-order valence-electron chi connectivity index (χ1n) is 6.09. The Hall–Kier alpha value is -2.47. The molecule has 4 N–H and O–H groups in total. The minimum Gasteiger partial charge on any atom is -0.488 e. The molecule has 0 radical (unpaired) electrons. The highest BCUT2D eigenvalue weighted by Gasteiger charge is 2.10. The van der Waals surface area contributed by atoms with E-state index in [2.05, 4.69) is 0 Å². The monoisotopic (exact) mass is 304 g/mol. The SMILES string of the molecule is NC(=O)c1ccccc1OCc1ccc(C(N)=S)cc1F. The van der Waals surface area contributed by atoms with Crippen LogP contribution in [0, 0.1) is 5.82 Å². The lowest BCUT2D eigenvalue weighted by Crippen LogP contribution is -2.13. The average Bonchev–Trinajstić information content (AvgIpc) is 2.46. The molecular formula is C15H13FN2O2S. The largest absolute Gasteiger partial charge is 0.488 e. The van der Waals surface area contributed by atoms with Gasteiger partial charge in [-0.2, -0.15) is 0 Å². The Kier molecular flexibility index (Phi) is 4.49. The summed E-state index contributed by atoms with van der Waals surface area (Å²) >= 11 is 4.78. The van der Waals surface area contributed by atoms with Gasteiger partial charge in [0.25, 0.3) is 5.91 Å². The van der Waals surface area contributed by atoms with Crippen LogP contribution in [-0.4, -0.2) is 10.9 Å². The molecule has 0 fully saturated rings. The molecule has 0 bridgehead atoms. The number of nitrogens with two attached hydrogens (primary N) is 2. The second kappa shape index (κ2) is 6.32. The van der Waals surface area contributed by atoms with Crippen LogP contribution in [0.1, 0.15) is 21.5 Å². The van der Waals surface area contributed by atoms with Crippen molar-refractivity contribution in [3.05, 3.63) is 65.0 Å². The molecule has 0 aliphatic carbocycles. The van der Waals surface area contributed by atoms with E-state index in [9.17, 15) is 9.18 Å². The van der Waals surface area contributed by atoms with Crippen molar-refractivity contribution in [2.24, 2.45) is 11.5 Å². The van der Waals surface area contributed by atoms with E-state index in [4.69, 9.17) is 28.4 Å². The van der Waals surface area contributed by atoms with Crippen LogP contribution in [0.2, 0.25) is 0 Å². The van der Waals surface area contributed by atoms with E-state index in [-0.39, 0.29) is 17.2 Å². The number of halogens is 1. The van der Waals surface area contributed by atoms with Gasteiger partial charge in [-0.25, -0.2) is 4.39 Å². The summed E-state index contributed by atoms with van der Waals surface area (Å²) in [6.07, 6.45) is 0. The molecule has 0 aliphatic rings. The fourth-order valence-electron chi connectivity index (χ4n) is 1.77. The van der Waals surface area contributed by atoms with Gasteiger partial charge in [0.1, 0.15) is 23.2 Å². The number of carbonyl (C=O) groups excluding carboxylic acids is 1. The number of benzene rings is 2. The van der Waals surface area contributed by atoms with Crippen molar-refractivity contribution in [2.45, 2.75) is 6.61 Å². The van der Waals surface area contributed by atoms with E-state index >= 15 is 0 Å². The number of amides is 1. The average molecular weight is 304 g/mol. The molecule has 0 aromatic heterocycles. The van der Waals surface area contributed by atoms with Crippen molar-refractivity contribution in [1.29, 1.82) is 0 Å². The van der Waals surface area contributed by atoms with E-state index in [1.54, 1.807) is 30.3 Å². The molecule has 2 aromatic rings. The fraction of sp³-hybridized carbons (Fsp3) is 0.0667. The number of hydrogen-bond donors (Lipinski definition) is 2. The molecule has 0 unspecified atom stereocenters. The van der Waals surface area contributed by atoms with Gasteiger partial charge < -0.3 is 16.2 Å². The lowest BCUT2D eigenvalue weighted by atomic mass is 10.1. The highest BCUT2D eigenvalue weighted by atomic mass is 32.1. The number of para-hydroxylation sites is 1. The highest BCUT2D eigenvalue weighted by molar-refractivity contribution is 7.80. The maximum Gasteiger partial charge on any atom is 0.252 e. The van der Waals surface area contributed by atoms with Crippen LogP contribution in [0.15, 0.2) is 42.5 Å². The number of carbonyl (C=O) groups is 1. The zero-order valence-corrected chi connectivity index (χ0v) is 11.8. The van der Waals surface area contributed by atoms with Crippen molar-refractivity contribution in [1.82, 2.24) is 0 Å².